The number of benzene rings is 3. The summed E-state index contributed by atoms with van der Waals surface area (Å²) in [6.45, 7) is 8.18. The number of sulfonamides is 1. The second-order valence-electron chi connectivity index (χ2n) is 11.1. The zero-order valence-electron chi connectivity index (χ0n) is 24.1. The van der Waals surface area contributed by atoms with Gasteiger partial charge in [0.1, 0.15) is 0 Å². The predicted octanol–water partition coefficient (Wildman–Crippen LogP) is 6.01. The van der Waals surface area contributed by atoms with E-state index in [0.29, 0.717) is 29.7 Å². The molecule has 0 amide bonds. The summed E-state index contributed by atoms with van der Waals surface area (Å²) in [5.41, 5.74) is 3.98. The quantitative estimate of drug-likeness (QED) is 0.241. The van der Waals surface area contributed by atoms with Gasteiger partial charge in [-0.1, -0.05) is 37.3 Å². The summed E-state index contributed by atoms with van der Waals surface area (Å²) in [6.07, 6.45) is -4.53. The fraction of sp³-hybridized carbons (Fsp3) is 0.387. The molecule has 0 radical (unpaired) electrons. The zero-order chi connectivity index (χ0) is 31.0. The Bertz CT molecular complexity index is 1590. The lowest BCUT2D eigenvalue weighted by Crippen LogP contribution is -2.33. The minimum atomic E-state index is -4.67. The third kappa shape index (κ3) is 6.63. The Labute approximate surface area is 244 Å². The number of hydrogen-bond donors (Lipinski definition) is 2. The normalized spacial score (nSPS) is 17.8. The van der Waals surface area contributed by atoms with E-state index in [-0.39, 0.29) is 30.3 Å². The van der Waals surface area contributed by atoms with Gasteiger partial charge in [0.05, 0.1) is 22.6 Å². The average Bonchev–Trinajstić information content (AvgIpc) is 3.00. The van der Waals surface area contributed by atoms with Crippen LogP contribution in [0.25, 0.3) is 0 Å². The van der Waals surface area contributed by atoms with Gasteiger partial charge < -0.3 is 10.1 Å². The van der Waals surface area contributed by atoms with E-state index in [9.17, 15) is 31.5 Å². The zero-order valence-corrected chi connectivity index (χ0v) is 24.9. The number of alkyl halides is 3. The van der Waals surface area contributed by atoms with Gasteiger partial charge in [-0.2, -0.15) is 17.5 Å². The number of nitrogens with zero attached hydrogens (tertiary/aromatic N) is 2. The summed E-state index contributed by atoms with van der Waals surface area (Å²) < 4.78 is 69.2. The van der Waals surface area contributed by atoms with E-state index in [4.69, 9.17) is 5.84 Å². The highest BCUT2D eigenvalue weighted by Gasteiger charge is 2.37. The predicted molar refractivity (Wildman–Crippen MR) is 156 cm³/mol. The molecule has 7 nitrogen and oxygen atoms in total. The molecule has 226 valence electrons. The van der Waals surface area contributed by atoms with Crippen LogP contribution in [0.4, 0.5) is 18.9 Å². The second kappa shape index (κ2) is 12.1. The van der Waals surface area contributed by atoms with Gasteiger partial charge in [0, 0.05) is 25.6 Å². The van der Waals surface area contributed by atoms with E-state index in [1.54, 1.807) is 5.01 Å². The van der Waals surface area contributed by atoms with Crippen molar-refractivity contribution in [2.75, 3.05) is 18.1 Å². The van der Waals surface area contributed by atoms with Crippen LogP contribution in [0.15, 0.2) is 59.5 Å². The first-order valence-corrected chi connectivity index (χ1v) is 15.2. The molecule has 1 heterocycles. The molecule has 3 aromatic rings. The van der Waals surface area contributed by atoms with Gasteiger partial charge >= 0.3 is 12.1 Å². The van der Waals surface area contributed by atoms with Gasteiger partial charge in [-0.05, 0) is 90.8 Å². The van der Waals surface area contributed by atoms with E-state index in [1.165, 1.54) is 10.4 Å². The molecule has 1 aliphatic rings. The van der Waals surface area contributed by atoms with Gasteiger partial charge in [-0.3, -0.25) is 4.79 Å². The van der Waals surface area contributed by atoms with Crippen LogP contribution in [0.2, 0.25) is 0 Å². The van der Waals surface area contributed by atoms with Crippen LogP contribution in [0.1, 0.15) is 65.1 Å². The lowest BCUT2D eigenvalue weighted by atomic mass is 9.84. The summed E-state index contributed by atoms with van der Waals surface area (Å²) in [5, 5.41) is 11.4. The van der Waals surface area contributed by atoms with Crippen LogP contribution < -0.4 is 10.9 Å². The number of halogens is 3. The van der Waals surface area contributed by atoms with Crippen molar-refractivity contribution in [2.45, 2.75) is 64.1 Å². The average molecular weight is 604 g/mol. The van der Waals surface area contributed by atoms with Gasteiger partial charge in [0.2, 0.25) is 10.0 Å². The van der Waals surface area contributed by atoms with Crippen LogP contribution in [0.3, 0.4) is 0 Å². The van der Waals surface area contributed by atoms with Crippen molar-refractivity contribution in [3.63, 3.8) is 0 Å². The van der Waals surface area contributed by atoms with Crippen molar-refractivity contribution >= 4 is 21.7 Å². The first-order chi connectivity index (χ1) is 19.6. The van der Waals surface area contributed by atoms with Crippen LogP contribution in [-0.2, 0) is 34.0 Å². The summed E-state index contributed by atoms with van der Waals surface area (Å²) in [7, 11) is -4.25. The molecule has 0 aromatic heterocycles. The summed E-state index contributed by atoms with van der Waals surface area (Å²) in [6, 6.07) is 14.0. The number of anilines is 1. The Morgan fingerprint density at radius 2 is 1.81 bits per heavy atom. The number of hydrazine groups is 1. The number of rotatable bonds is 8. The molecule has 0 saturated carbocycles. The molecule has 3 aromatic carbocycles. The maximum absolute atomic E-state index is 13.8. The Hall–Kier alpha value is -3.41. The largest absolute Gasteiger partial charge is 0.481 e. The summed E-state index contributed by atoms with van der Waals surface area (Å²) in [5.74, 6) is 4.41. The number of carboxylic acid groups (broad SMARTS) is 1. The second-order valence-corrected chi connectivity index (χ2v) is 13.0. The fourth-order valence-electron chi connectivity index (χ4n) is 5.58. The van der Waals surface area contributed by atoms with Crippen molar-refractivity contribution in [2.24, 2.45) is 11.8 Å². The minimum absolute atomic E-state index is 0.0572. The summed E-state index contributed by atoms with van der Waals surface area (Å²) >= 11 is 0. The molecule has 1 aliphatic heterocycles. The van der Waals surface area contributed by atoms with Gasteiger partial charge in [-0.15, -0.1) is 0 Å². The lowest BCUT2D eigenvalue weighted by molar-refractivity contribution is -0.138. The maximum Gasteiger partial charge on any atom is 0.416 e. The molecule has 4 rings (SSSR count). The van der Waals surface area contributed by atoms with Crippen molar-refractivity contribution < 1.29 is 31.5 Å². The van der Waals surface area contributed by atoms with Crippen molar-refractivity contribution in [3.8, 4) is 0 Å². The van der Waals surface area contributed by atoms with E-state index in [1.807, 2.05) is 64.1 Å². The molecule has 0 fully saturated rings. The fourth-order valence-corrected chi connectivity index (χ4v) is 7.37. The monoisotopic (exact) mass is 603 g/mol. The Balaban J connectivity index is 1.75. The number of carboxylic acids is 1. The SMILES string of the molecule is CCN(N)c1ccc([C@@H](CC(=O)O)c2ccc(C)c(CN3C[C@@H](C)Cc4ccc(C(F)(F)F)cc4S3(=O)=O)c2)c(C)c1. The molecule has 3 N–H and O–H groups in total. The standard InChI is InChI=1S/C31H36F3N3O4S/c1-5-37(35)26-10-11-27(21(4)13-26)28(16-30(38)39)22-7-6-20(3)24(14-22)18-36-17-19(2)12-23-8-9-25(31(32,33)34)15-29(23)42(36,40)41/h6-11,13-15,19,28H,5,12,16-18,35H2,1-4H3,(H,38,39)/t19-,28-/m0/s1. The molecular weight excluding hydrogens is 567 g/mol. The minimum Gasteiger partial charge on any atom is -0.481 e. The third-order valence-electron chi connectivity index (χ3n) is 7.90. The summed E-state index contributed by atoms with van der Waals surface area (Å²) in [4.78, 5) is 11.6. The highest BCUT2D eigenvalue weighted by atomic mass is 32.2. The van der Waals surface area contributed by atoms with Crippen LogP contribution in [-0.4, -0.2) is 36.9 Å². The first kappa shape index (κ1) is 31.5. The molecule has 0 spiro atoms. The lowest BCUT2D eigenvalue weighted by Gasteiger charge is -2.25. The Morgan fingerprint density at radius 1 is 1.10 bits per heavy atom. The molecule has 0 aliphatic carbocycles. The topological polar surface area (TPSA) is 104 Å². The van der Waals surface area contributed by atoms with Crippen molar-refractivity contribution in [1.29, 1.82) is 0 Å². The van der Waals surface area contributed by atoms with Crippen LogP contribution in [0, 0.1) is 19.8 Å². The first-order valence-electron chi connectivity index (χ1n) is 13.8. The third-order valence-corrected chi connectivity index (χ3v) is 9.79. The van der Waals surface area contributed by atoms with Crippen LogP contribution >= 0.6 is 0 Å². The Kier molecular flexibility index (Phi) is 9.05. The molecule has 0 unspecified atom stereocenters. The molecule has 11 heteroatoms. The number of aryl methyl sites for hydroxylation is 2. The van der Waals surface area contributed by atoms with Crippen LogP contribution in [0.5, 0.6) is 0 Å². The highest BCUT2D eigenvalue weighted by Crippen LogP contribution is 2.37. The van der Waals surface area contributed by atoms with E-state index in [0.717, 1.165) is 34.5 Å². The number of aliphatic carboxylic acids is 1. The van der Waals surface area contributed by atoms with E-state index >= 15 is 0 Å². The van der Waals surface area contributed by atoms with Gasteiger partial charge in [0.25, 0.3) is 0 Å². The maximum atomic E-state index is 13.8. The smallest absolute Gasteiger partial charge is 0.416 e. The molecule has 0 bridgehead atoms. The molecule has 2 atom stereocenters. The number of nitrogens with two attached hydrogens (primary N) is 1. The number of carbonyl (C=O) groups is 1. The number of hydrogen-bond acceptors (Lipinski definition) is 5. The number of fused-ring (bicyclic) bond motifs is 1. The Morgan fingerprint density at radius 3 is 2.43 bits per heavy atom. The van der Waals surface area contributed by atoms with E-state index in [2.05, 4.69) is 0 Å². The van der Waals surface area contributed by atoms with Gasteiger partial charge in [-0.25, -0.2) is 14.3 Å². The molecule has 0 saturated heterocycles. The molecule has 42 heavy (non-hydrogen) atoms. The van der Waals surface area contributed by atoms with E-state index < -0.39 is 33.7 Å². The molecular formula is C31H36F3N3O4S. The van der Waals surface area contributed by atoms with Crippen molar-refractivity contribution in [1.82, 2.24) is 4.31 Å². The van der Waals surface area contributed by atoms with Crippen molar-refractivity contribution in [3.05, 3.63) is 93.5 Å². The highest BCUT2D eigenvalue weighted by molar-refractivity contribution is 7.89. The van der Waals surface area contributed by atoms with Gasteiger partial charge in [0.15, 0.2) is 0 Å².